The minimum atomic E-state index is -4.04. The highest BCUT2D eigenvalue weighted by atomic mass is 35.5. The maximum absolute atomic E-state index is 12.3. The fourth-order valence-corrected chi connectivity index (χ4v) is 3.65. The van der Waals surface area contributed by atoms with Gasteiger partial charge in [-0.1, -0.05) is 36.7 Å². The summed E-state index contributed by atoms with van der Waals surface area (Å²) in [5, 5.41) is 12.7. The van der Waals surface area contributed by atoms with Crippen molar-refractivity contribution >= 4 is 33.2 Å². The number of benzene rings is 2. The summed E-state index contributed by atoms with van der Waals surface area (Å²) in [5.74, 6) is -0.325. The third kappa shape index (κ3) is 4.59. The van der Waals surface area contributed by atoms with E-state index in [1.807, 2.05) is 6.92 Å². The SMILES string of the molecule is CCc1cnn(-c2ccc(NC(=O)Cc3ccccc3Cl)cc2S(N)(=O)=O)c1. The van der Waals surface area contributed by atoms with Gasteiger partial charge in [-0.05, 0) is 41.8 Å². The van der Waals surface area contributed by atoms with E-state index in [0.29, 0.717) is 22.0 Å². The van der Waals surface area contributed by atoms with Crippen molar-refractivity contribution in [3.8, 4) is 5.69 Å². The van der Waals surface area contributed by atoms with Crippen molar-refractivity contribution in [3.63, 3.8) is 0 Å². The number of hydrogen-bond donors (Lipinski definition) is 2. The van der Waals surface area contributed by atoms with Crippen molar-refractivity contribution in [3.05, 3.63) is 71.0 Å². The molecule has 0 aliphatic heterocycles. The summed E-state index contributed by atoms with van der Waals surface area (Å²) >= 11 is 6.07. The van der Waals surface area contributed by atoms with Gasteiger partial charge in [0.2, 0.25) is 15.9 Å². The summed E-state index contributed by atoms with van der Waals surface area (Å²) in [6.45, 7) is 1.97. The molecule has 0 spiro atoms. The van der Waals surface area contributed by atoms with Crippen LogP contribution in [-0.2, 0) is 27.7 Å². The third-order valence-electron chi connectivity index (χ3n) is 4.15. The third-order valence-corrected chi connectivity index (χ3v) is 5.46. The largest absolute Gasteiger partial charge is 0.326 e. The molecule has 7 nitrogen and oxygen atoms in total. The molecular formula is C19H19ClN4O3S. The molecule has 0 aliphatic carbocycles. The van der Waals surface area contributed by atoms with Gasteiger partial charge in [-0.2, -0.15) is 5.10 Å². The van der Waals surface area contributed by atoms with Gasteiger partial charge in [0.15, 0.2) is 0 Å². The van der Waals surface area contributed by atoms with Crippen molar-refractivity contribution in [2.24, 2.45) is 5.14 Å². The Labute approximate surface area is 168 Å². The topological polar surface area (TPSA) is 107 Å². The highest BCUT2D eigenvalue weighted by Gasteiger charge is 2.18. The lowest BCUT2D eigenvalue weighted by molar-refractivity contribution is -0.115. The molecule has 1 heterocycles. The monoisotopic (exact) mass is 418 g/mol. The Morgan fingerprint density at radius 2 is 2.00 bits per heavy atom. The normalized spacial score (nSPS) is 11.4. The molecule has 0 unspecified atom stereocenters. The lowest BCUT2D eigenvalue weighted by atomic mass is 10.1. The van der Waals surface area contributed by atoms with Gasteiger partial charge in [0.05, 0.1) is 18.3 Å². The van der Waals surface area contributed by atoms with Gasteiger partial charge in [-0.15, -0.1) is 0 Å². The first-order valence-electron chi connectivity index (χ1n) is 8.52. The van der Waals surface area contributed by atoms with E-state index in [-0.39, 0.29) is 17.2 Å². The van der Waals surface area contributed by atoms with Crippen LogP contribution >= 0.6 is 11.6 Å². The zero-order valence-corrected chi connectivity index (χ0v) is 16.7. The Kier molecular flexibility index (Phi) is 5.83. The first-order chi connectivity index (χ1) is 13.3. The molecule has 9 heteroatoms. The van der Waals surface area contributed by atoms with Crippen molar-refractivity contribution < 1.29 is 13.2 Å². The minimum Gasteiger partial charge on any atom is -0.326 e. The second kappa shape index (κ2) is 8.14. The molecule has 0 radical (unpaired) electrons. The Bertz CT molecular complexity index is 1130. The van der Waals surface area contributed by atoms with E-state index in [0.717, 1.165) is 12.0 Å². The van der Waals surface area contributed by atoms with Crippen LogP contribution in [0.15, 0.2) is 59.8 Å². The molecule has 3 rings (SSSR count). The predicted molar refractivity (Wildman–Crippen MR) is 108 cm³/mol. The Morgan fingerprint density at radius 1 is 1.25 bits per heavy atom. The average molecular weight is 419 g/mol. The molecule has 3 N–H and O–H groups in total. The average Bonchev–Trinajstić information content (AvgIpc) is 3.12. The summed E-state index contributed by atoms with van der Waals surface area (Å²) in [7, 11) is -4.04. The minimum absolute atomic E-state index is 0.0607. The lowest BCUT2D eigenvalue weighted by Crippen LogP contribution is -2.18. The number of aromatic nitrogens is 2. The number of amides is 1. The first-order valence-corrected chi connectivity index (χ1v) is 10.4. The summed E-state index contributed by atoms with van der Waals surface area (Å²) in [4.78, 5) is 12.2. The zero-order chi connectivity index (χ0) is 20.3. The molecule has 0 atom stereocenters. The molecule has 3 aromatic rings. The van der Waals surface area contributed by atoms with Gasteiger partial charge < -0.3 is 5.32 Å². The molecule has 146 valence electrons. The number of nitrogens with two attached hydrogens (primary N) is 1. The number of halogens is 1. The highest BCUT2D eigenvalue weighted by molar-refractivity contribution is 7.89. The number of primary sulfonamides is 1. The summed E-state index contributed by atoms with van der Waals surface area (Å²) < 4.78 is 25.6. The molecule has 0 aliphatic rings. The van der Waals surface area contributed by atoms with Crippen LogP contribution in [0.5, 0.6) is 0 Å². The van der Waals surface area contributed by atoms with Crippen molar-refractivity contribution in [2.45, 2.75) is 24.7 Å². The van der Waals surface area contributed by atoms with Gasteiger partial charge in [0.25, 0.3) is 0 Å². The second-order valence-corrected chi connectivity index (χ2v) is 8.13. The van der Waals surface area contributed by atoms with E-state index >= 15 is 0 Å². The number of nitrogens with one attached hydrogen (secondary N) is 1. The molecular weight excluding hydrogens is 400 g/mol. The molecule has 2 aromatic carbocycles. The van der Waals surface area contributed by atoms with Crippen LogP contribution in [0.4, 0.5) is 5.69 Å². The maximum Gasteiger partial charge on any atom is 0.240 e. The lowest BCUT2D eigenvalue weighted by Gasteiger charge is -2.12. The van der Waals surface area contributed by atoms with E-state index in [2.05, 4.69) is 10.4 Å². The number of aryl methyl sites for hydroxylation is 1. The zero-order valence-electron chi connectivity index (χ0n) is 15.1. The Morgan fingerprint density at radius 3 is 2.64 bits per heavy atom. The molecule has 0 bridgehead atoms. The molecule has 0 saturated carbocycles. The smallest absolute Gasteiger partial charge is 0.240 e. The van der Waals surface area contributed by atoms with Gasteiger partial charge in [-0.3, -0.25) is 4.79 Å². The molecule has 1 amide bonds. The van der Waals surface area contributed by atoms with Gasteiger partial charge in [0, 0.05) is 16.9 Å². The van der Waals surface area contributed by atoms with Gasteiger partial charge >= 0.3 is 0 Å². The first kappa shape index (κ1) is 20.1. The number of rotatable bonds is 6. The van der Waals surface area contributed by atoms with Crippen LogP contribution in [0.1, 0.15) is 18.1 Å². The Balaban J connectivity index is 1.89. The van der Waals surface area contributed by atoms with E-state index in [9.17, 15) is 13.2 Å². The van der Waals surface area contributed by atoms with E-state index < -0.39 is 10.0 Å². The maximum atomic E-state index is 12.3. The quantitative estimate of drug-likeness (QED) is 0.641. The number of anilines is 1. The van der Waals surface area contributed by atoms with Crippen molar-refractivity contribution in [1.82, 2.24) is 9.78 Å². The van der Waals surface area contributed by atoms with Crippen LogP contribution in [0.2, 0.25) is 5.02 Å². The number of sulfonamides is 1. The van der Waals surface area contributed by atoms with Crippen molar-refractivity contribution in [2.75, 3.05) is 5.32 Å². The highest BCUT2D eigenvalue weighted by Crippen LogP contribution is 2.24. The number of carbonyl (C=O) groups excluding carboxylic acids is 1. The van der Waals surface area contributed by atoms with Crippen LogP contribution < -0.4 is 10.5 Å². The summed E-state index contributed by atoms with van der Waals surface area (Å²) in [6.07, 6.45) is 4.22. The number of carbonyl (C=O) groups is 1. The second-order valence-electron chi connectivity index (χ2n) is 6.19. The van der Waals surface area contributed by atoms with Crippen molar-refractivity contribution in [1.29, 1.82) is 0 Å². The summed E-state index contributed by atoms with van der Waals surface area (Å²) in [6, 6.07) is 11.5. The van der Waals surface area contributed by atoms with E-state index in [1.54, 1.807) is 48.8 Å². The Hall–Kier alpha value is -2.68. The standard InChI is InChI=1S/C19H19ClN4O3S/c1-2-13-11-22-24(12-13)17-8-7-15(10-18(17)28(21,26)27)23-19(25)9-14-5-3-4-6-16(14)20/h3-8,10-12H,2,9H2,1H3,(H,23,25)(H2,21,26,27). The van der Waals surface area contributed by atoms with Gasteiger partial charge in [0.1, 0.15) is 4.90 Å². The fraction of sp³-hybridized carbons (Fsp3) is 0.158. The van der Waals surface area contributed by atoms with Crippen LogP contribution in [-0.4, -0.2) is 24.1 Å². The molecule has 1 aromatic heterocycles. The molecule has 0 saturated heterocycles. The molecule has 0 fully saturated rings. The van der Waals surface area contributed by atoms with Crippen LogP contribution in [0.3, 0.4) is 0 Å². The van der Waals surface area contributed by atoms with Crippen LogP contribution in [0, 0.1) is 0 Å². The van der Waals surface area contributed by atoms with E-state index in [1.165, 1.54) is 10.7 Å². The number of hydrogen-bond acceptors (Lipinski definition) is 4. The fourth-order valence-electron chi connectivity index (χ4n) is 2.70. The predicted octanol–water partition coefficient (Wildman–Crippen LogP) is 2.92. The number of nitrogens with zero attached hydrogens (tertiary/aromatic N) is 2. The van der Waals surface area contributed by atoms with E-state index in [4.69, 9.17) is 16.7 Å². The van der Waals surface area contributed by atoms with Gasteiger partial charge in [-0.25, -0.2) is 18.2 Å². The van der Waals surface area contributed by atoms with Crippen LogP contribution in [0.25, 0.3) is 5.69 Å². The molecule has 28 heavy (non-hydrogen) atoms. The summed E-state index contributed by atoms with van der Waals surface area (Å²) in [5.41, 5.74) is 2.25.